The normalized spacial score (nSPS) is 19.1. The first-order chi connectivity index (χ1) is 10.3. The van der Waals surface area contributed by atoms with Crippen molar-refractivity contribution in [2.45, 2.75) is 31.7 Å². The first-order valence-electron chi connectivity index (χ1n) is 7.93. The molecular weight excluding hydrogens is 264 g/mol. The van der Waals surface area contributed by atoms with Crippen molar-refractivity contribution in [3.63, 3.8) is 0 Å². The lowest BCUT2D eigenvalue weighted by Gasteiger charge is -2.19. The third kappa shape index (κ3) is 3.97. The number of hydrogen-bond donors (Lipinski definition) is 2. The van der Waals surface area contributed by atoms with E-state index in [0.29, 0.717) is 18.5 Å². The highest BCUT2D eigenvalue weighted by molar-refractivity contribution is 5.80. The Labute approximate surface area is 126 Å². The number of carbonyl (C=O) groups excluding carboxylic acids is 1. The van der Waals surface area contributed by atoms with Crippen LogP contribution < -0.4 is 15.4 Å². The molecule has 0 spiro atoms. The van der Waals surface area contributed by atoms with Crippen molar-refractivity contribution in [1.29, 1.82) is 0 Å². The molecule has 2 fully saturated rings. The molecule has 114 valence electrons. The largest absolute Gasteiger partial charge is 0.497 e. The summed E-state index contributed by atoms with van der Waals surface area (Å²) in [5.74, 6) is 2.15. The van der Waals surface area contributed by atoms with Crippen molar-refractivity contribution < 1.29 is 9.53 Å². The van der Waals surface area contributed by atoms with Crippen LogP contribution in [0.25, 0.3) is 0 Å². The van der Waals surface area contributed by atoms with Gasteiger partial charge >= 0.3 is 0 Å². The molecule has 2 N–H and O–H groups in total. The third-order valence-corrected chi connectivity index (χ3v) is 4.30. The monoisotopic (exact) mass is 288 g/mol. The second-order valence-electron chi connectivity index (χ2n) is 6.11. The van der Waals surface area contributed by atoms with E-state index in [0.717, 1.165) is 31.1 Å². The standard InChI is InChI=1S/C17H24N2O2/c1-21-15-8-6-13(7-9-15)16(12-2-3-12)18-10-11-19-17(20)14-4-5-14/h6-9,12,14,16,18H,2-5,10-11H2,1H3,(H,19,20). The van der Waals surface area contributed by atoms with Crippen LogP contribution in [0.15, 0.2) is 24.3 Å². The summed E-state index contributed by atoms with van der Waals surface area (Å²) >= 11 is 0. The van der Waals surface area contributed by atoms with Gasteiger partial charge in [0.2, 0.25) is 5.91 Å². The maximum Gasteiger partial charge on any atom is 0.223 e. The average molecular weight is 288 g/mol. The molecule has 0 saturated heterocycles. The molecular formula is C17H24N2O2. The van der Waals surface area contributed by atoms with E-state index in [1.807, 2.05) is 12.1 Å². The zero-order chi connectivity index (χ0) is 14.7. The van der Waals surface area contributed by atoms with Crippen LogP contribution in [0.4, 0.5) is 0 Å². The van der Waals surface area contributed by atoms with Gasteiger partial charge in [0, 0.05) is 25.0 Å². The molecule has 4 nitrogen and oxygen atoms in total. The maximum atomic E-state index is 11.6. The van der Waals surface area contributed by atoms with Gasteiger partial charge in [-0.25, -0.2) is 0 Å². The Kier molecular flexibility index (Phi) is 4.44. The molecule has 1 aromatic rings. The fourth-order valence-electron chi connectivity index (χ4n) is 2.70. The van der Waals surface area contributed by atoms with Crippen LogP contribution in [0.1, 0.15) is 37.3 Å². The van der Waals surface area contributed by atoms with Crippen LogP contribution in [0.3, 0.4) is 0 Å². The van der Waals surface area contributed by atoms with E-state index in [1.54, 1.807) is 7.11 Å². The van der Waals surface area contributed by atoms with Gasteiger partial charge in [-0.2, -0.15) is 0 Å². The fourth-order valence-corrected chi connectivity index (χ4v) is 2.70. The molecule has 1 amide bonds. The van der Waals surface area contributed by atoms with Crippen LogP contribution in [0.5, 0.6) is 5.75 Å². The molecule has 1 aromatic carbocycles. The molecule has 4 heteroatoms. The Hall–Kier alpha value is -1.55. The van der Waals surface area contributed by atoms with Gasteiger partial charge in [-0.05, 0) is 49.3 Å². The minimum absolute atomic E-state index is 0.226. The SMILES string of the molecule is COc1ccc(C(NCCNC(=O)C2CC2)C2CC2)cc1. The Morgan fingerprint density at radius 1 is 1.19 bits per heavy atom. The Morgan fingerprint density at radius 2 is 1.90 bits per heavy atom. The zero-order valence-electron chi connectivity index (χ0n) is 12.6. The van der Waals surface area contributed by atoms with E-state index >= 15 is 0 Å². The summed E-state index contributed by atoms with van der Waals surface area (Å²) in [5.41, 5.74) is 1.31. The van der Waals surface area contributed by atoms with Gasteiger partial charge in [0.25, 0.3) is 0 Å². The number of benzene rings is 1. The molecule has 2 aliphatic carbocycles. The van der Waals surface area contributed by atoms with E-state index in [2.05, 4.69) is 22.8 Å². The summed E-state index contributed by atoms with van der Waals surface area (Å²) in [6.45, 7) is 1.54. The molecule has 0 heterocycles. The van der Waals surface area contributed by atoms with Gasteiger partial charge in [-0.1, -0.05) is 12.1 Å². The van der Waals surface area contributed by atoms with Gasteiger partial charge in [0.05, 0.1) is 7.11 Å². The summed E-state index contributed by atoms with van der Waals surface area (Å²) in [7, 11) is 1.69. The molecule has 2 aliphatic rings. The highest BCUT2D eigenvalue weighted by Gasteiger charge is 2.32. The highest BCUT2D eigenvalue weighted by Crippen LogP contribution is 2.41. The lowest BCUT2D eigenvalue weighted by molar-refractivity contribution is -0.122. The molecule has 0 bridgehead atoms. The first kappa shape index (κ1) is 14.4. The number of methoxy groups -OCH3 is 1. The Bertz CT molecular complexity index is 478. The van der Waals surface area contributed by atoms with E-state index in [4.69, 9.17) is 4.74 Å². The van der Waals surface area contributed by atoms with Gasteiger partial charge in [-0.15, -0.1) is 0 Å². The van der Waals surface area contributed by atoms with Crippen molar-refractivity contribution in [2.24, 2.45) is 11.8 Å². The summed E-state index contributed by atoms with van der Waals surface area (Å²) in [4.78, 5) is 11.6. The van der Waals surface area contributed by atoms with Crippen molar-refractivity contribution in [3.05, 3.63) is 29.8 Å². The van der Waals surface area contributed by atoms with Crippen LogP contribution in [-0.2, 0) is 4.79 Å². The number of ether oxygens (including phenoxy) is 1. The quantitative estimate of drug-likeness (QED) is 0.721. The molecule has 1 unspecified atom stereocenters. The van der Waals surface area contributed by atoms with E-state index in [1.165, 1.54) is 18.4 Å². The molecule has 2 saturated carbocycles. The van der Waals surface area contributed by atoms with Crippen LogP contribution >= 0.6 is 0 Å². The predicted octanol–water partition coefficient (Wildman–Crippen LogP) is 2.26. The summed E-state index contributed by atoms with van der Waals surface area (Å²) in [6, 6.07) is 8.70. The van der Waals surface area contributed by atoms with Crippen LogP contribution in [0.2, 0.25) is 0 Å². The summed E-state index contributed by atoms with van der Waals surface area (Å²) in [5, 5.41) is 6.60. The lowest BCUT2D eigenvalue weighted by Crippen LogP contribution is -2.34. The minimum Gasteiger partial charge on any atom is -0.497 e. The molecule has 0 aliphatic heterocycles. The van der Waals surface area contributed by atoms with Crippen molar-refractivity contribution in [3.8, 4) is 5.75 Å². The number of hydrogen-bond acceptors (Lipinski definition) is 3. The lowest BCUT2D eigenvalue weighted by atomic mass is 10.0. The van der Waals surface area contributed by atoms with Gasteiger partial charge in [0.15, 0.2) is 0 Å². The minimum atomic E-state index is 0.226. The fraction of sp³-hybridized carbons (Fsp3) is 0.588. The second kappa shape index (κ2) is 6.48. The van der Waals surface area contributed by atoms with Gasteiger partial charge < -0.3 is 15.4 Å². The molecule has 0 aromatic heterocycles. The first-order valence-corrected chi connectivity index (χ1v) is 7.93. The molecule has 0 radical (unpaired) electrons. The second-order valence-corrected chi connectivity index (χ2v) is 6.11. The van der Waals surface area contributed by atoms with Crippen molar-refractivity contribution in [1.82, 2.24) is 10.6 Å². The summed E-state index contributed by atoms with van der Waals surface area (Å²) in [6.07, 6.45) is 4.71. The number of amides is 1. The molecule has 1 atom stereocenters. The predicted molar refractivity (Wildman–Crippen MR) is 82.2 cm³/mol. The highest BCUT2D eigenvalue weighted by atomic mass is 16.5. The van der Waals surface area contributed by atoms with Gasteiger partial charge in [0.1, 0.15) is 5.75 Å². The smallest absolute Gasteiger partial charge is 0.223 e. The summed E-state index contributed by atoms with van der Waals surface area (Å²) < 4.78 is 5.21. The Balaban J connectivity index is 1.48. The number of nitrogens with one attached hydrogen (secondary N) is 2. The van der Waals surface area contributed by atoms with Crippen LogP contribution in [0, 0.1) is 11.8 Å². The van der Waals surface area contributed by atoms with Crippen molar-refractivity contribution in [2.75, 3.05) is 20.2 Å². The molecule has 21 heavy (non-hydrogen) atoms. The number of rotatable bonds is 8. The Morgan fingerprint density at radius 3 is 2.48 bits per heavy atom. The van der Waals surface area contributed by atoms with E-state index < -0.39 is 0 Å². The van der Waals surface area contributed by atoms with E-state index in [9.17, 15) is 4.79 Å². The van der Waals surface area contributed by atoms with Gasteiger partial charge in [-0.3, -0.25) is 4.79 Å². The average Bonchev–Trinajstić information content (AvgIpc) is 3.40. The molecule has 3 rings (SSSR count). The topological polar surface area (TPSA) is 50.4 Å². The van der Waals surface area contributed by atoms with E-state index in [-0.39, 0.29) is 5.91 Å². The van der Waals surface area contributed by atoms with Crippen LogP contribution in [-0.4, -0.2) is 26.1 Å². The maximum absolute atomic E-state index is 11.6. The zero-order valence-corrected chi connectivity index (χ0v) is 12.6. The van der Waals surface area contributed by atoms with Crippen molar-refractivity contribution >= 4 is 5.91 Å². The number of carbonyl (C=O) groups is 1. The third-order valence-electron chi connectivity index (χ3n) is 4.30.